The van der Waals surface area contributed by atoms with Crippen molar-refractivity contribution < 1.29 is 9.90 Å². The van der Waals surface area contributed by atoms with Gasteiger partial charge in [-0.2, -0.15) is 0 Å². The molecule has 0 bridgehead atoms. The Kier molecular flexibility index (Phi) is 3.09. The number of carbonyl (C=O) groups is 1. The van der Waals surface area contributed by atoms with Crippen molar-refractivity contribution in [1.29, 1.82) is 0 Å². The number of rotatable bonds is 3. The van der Waals surface area contributed by atoms with Crippen LogP contribution in [0.4, 0.5) is 0 Å². The van der Waals surface area contributed by atoms with E-state index in [2.05, 4.69) is 15.0 Å². The smallest absolute Gasteiger partial charge is 0.313 e. The lowest BCUT2D eigenvalue weighted by Gasteiger charge is -2.06. The fraction of sp³-hybridized carbons (Fsp3) is 0.167. The van der Waals surface area contributed by atoms with Gasteiger partial charge in [0.15, 0.2) is 0 Å². The summed E-state index contributed by atoms with van der Waals surface area (Å²) in [6.45, 7) is 1.56. The van der Waals surface area contributed by atoms with Gasteiger partial charge in [0.1, 0.15) is 11.7 Å². The van der Waals surface area contributed by atoms with Crippen molar-refractivity contribution in [3.05, 3.63) is 42.6 Å². The maximum atomic E-state index is 10.9. The molecule has 1 N–H and O–H groups in total. The van der Waals surface area contributed by atoms with Crippen LogP contribution in [0.25, 0.3) is 11.3 Å². The molecule has 0 aliphatic carbocycles. The molecule has 2 aromatic rings. The van der Waals surface area contributed by atoms with Crippen LogP contribution in [0, 0.1) is 0 Å². The van der Waals surface area contributed by atoms with Crippen molar-refractivity contribution in [1.82, 2.24) is 15.0 Å². The molecule has 0 aliphatic rings. The first-order valence-electron chi connectivity index (χ1n) is 5.14. The zero-order chi connectivity index (χ0) is 12.3. The van der Waals surface area contributed by atoms with E-state index in [1.807, 2.05) is 6.07 Å². The van der Waals surface area contributed by atoms with Gasteiger partial charge in [0.25, 0.3) is 0 Å². The number of hydrogen-bond donors (Lipinski definition) is 1. The molecule has 5 nitrogen and oxygen atoms in total. The summed E-state index contributed by atoms with van der Waals surface area (Å²) in [6, 6.07) is 5.40. The second kappa shape index (κ2) is 4.69. The van der Waals surface area contributed by atoms with Gasteiger partial charge in [-0.1, -0.05) is 0 Å². The number of aromatic nitrogens is 3. The molecule has 0 spiro atoms. The molecule has 17 heavy (non-hydrogen) atoms. The first-order chi connectivity index (χ1) is 8.18. The van der Waals surface area contributed by atoms with E-state index in [1.165, 1.54) is 0 Å². The predicted octanol–water partition coefficient (Wildman–Crippen LogP) is 1.73. The van der Waals surface area contributed by atoms with Crippen LogP contribution in [0.3, 0.4) is 0 Å². The highest BCUT2D eigenvalue weighted by atomic mass is 16.4. The van der Waals surface area contributed by atoms with Gasteiger partial charge in [0.2, 0.25) is 0 Å². The van der Waals surface area contributed by atoms with Crippen LogP contribution in [-0.4, -0.2) is 26.0 Å². The topological polar surface area (TPSA) is 76.0 Å². The quantitative estimate of drug-likeness (QED) is 0.867. The summed E-state index contributed by atoms with van der Waals surface area (Å²) < 4.78 is 0. The third-order valence-corrected chi connectivity index (χ3v) is 2.39. The maximum absolute atomic E-state index is 10.9. The van der Waals surface area contributed by atoms with Crippen molar-refractivity contribution in [2.75, 3.05) is 0 Å². The van der Waals surface area contributed by atoms with Crippen molar-refractivity contribution in [2.45, 2.75) is 12.8 Å². The molecule has 1 atom stereocenters. The Morgan fingerprint density at radius 1 is 1.35 bits per heavy atom. The van der Waals surface area contributed by atoms with E-state index in [9.17, 15) is 4.79 Å². The molecule has 5 heteroatoms. The Hall–Kier alpha value is -2.30. The summed E-state index contributed by atoms with van der Waals surface area (Å²) in [6.07, 6.45) is 4.91. The Bertz CT molecular complexity index is 528. The molecule has 0 aliphatic heterocycles. The third-order valence-electron chi connectivity index (χ3n) is 2.39. The summed E-state index contributed by atoms with van der Waals surface area (Å²) in [5, 5.41) is 8.90. The highest BCUT2D eigenvalue weighted by Crippen LogP contribution is 2.17. The largest absolute Gasteiger partial charge is 0.481 e. The summed E-state index contributed by atoms with van der Waals surface area (Å²) in [5.74, 6) is -1.35. The summed E-state index contributed by atoms with van der Waals surface area (Å²) in [4.78, 5) is 23.1. The van der Waals surface area contributed by atoms with Gasteiger partial charge >= 0.3 is 5.97 Å². The lowest BCUT2D eigenvalue weighted by molar-refractivity contribution is -0.138. The van der Waals surface area contributed by atoms with Crippen molar-refractivity contribution in [2.24, 2.45) is 0 Å². The Labute approximate surface area is 98.2 Å². The molecule has 0 fully saturated rings. The minimum absolute atomic E-state index is 0.304. The number of hydrogen-bond acceptors (Lipinski definition) is 4. The monoisotopic (exact) mass is 229 g/mol. The molecule has 2 aromatic heterocycles. The average Bonchev–Trinajstić information content (AvgIpc) is 2.39. The van der Waals surface area contributed by atoms with E-state index >= 15 is 0 Å². The van der Waals surface area contributed by atoms with Crippen LogP contribution in [0.15, 0.2) is 36.8 Å². The Morgan fingerprint density at radius 3 is 2.82 bits per heavy atom. The van der Waals surface area contributed by atoms with E-state index in [1.54, 1.807) is 37.6 Å². The molecular weight excluding hydrogens is 218 g/mol. The summed E-state index contributed by atoms with van der Waals surface area (Å²) in [5.41, 5.74) is 1.52. The summed E-state index contributed by atoms with van der Waals surface area (Å²) in [7, 11) is 0. The van der Waals surface area contributed by atoms with Crippen LogP contribution in [-0.2, 0) is 4.79 Å². The molecule has 86 valence electrons. The number of nitrogens with zero attached hydrogens (tertiary/aromatic N) is 3. The normalized spacial score (nSPS) is 12.1. The molecule has 2 heterocycles. The highest BCUT2D eigenvalue weighted by Gasteiger charge is 2.17. The van der Waals surface area contributed by atoms with Crippen molar-refractivity contribution >= 4 is 5.97 Å². The van der Waals surface area contributed by atoms with Gasteiger partial charge < -0.3 is 5.11 Å². The lowest BCUT2D eigenvalue weighted by Crippen LogP contribution is -2.11. The molecular formula is C12H11N3O2. The second-order valence-corrected chi connectivity index (χ2v) is 3.60. The first-order valence-corrected chi connectivity index (χ1v) is 5.14. The fourth-order valence-electron chi connectivity index (χ4n) is 1.37. The van der Waals surface area contributed by atoms with Gasteiger partial charge in [-0.25, -0.2) is 9.97 Å². The summed E-state index contributed by atoms with van der Waals surface area (Å²) >= 11 is 0. The maximum Gasteiger partial charge on any atom is 0.313 e. The van der Waals surface area contributed by atoms with Gasteiger partial charge in [0, 0.05) is 24.2 Å². The Balaban J connectivity index is 2.39. The highest BCUT2D eigenvalue weighted by molar-refractivity contribution is 5.74. The van der Waals surface area contributed by atoms with E-state index in [0.29, 0.717) is 11.5 Å². The van der Waals surface area contributed by atoms with Gasteiger partial charge in [-0.05, 0) is 25.1 Å². The second-order valence-electron chi connectivity index (χ2n) is 3.60. The molecule has 0 saturated heterocycles. The van der Waals surface area contributed by atoms with Crippen LogP contribution < -0.4 is 0 Å². The molecule has 0 radical (unpaired) electrons. The van der Waals surface area contributed by atoms with Gasteiger partial charge in [0.05, 0.1) is 5.69 Å². The SMILES string of the molecule is CC(C(=O)O)c1nccc(-c2cccnc2)n1. The molecule has 0 amide bonds. The fourth-order valence-corrected chi connectivity index (χ4v) is 1.37. The van der Waals surface area contributed by atoms with Gasteiger partial charge in [-0.3, -0.25) is 9.78 Å². The van der Waals surface area contributed by atoms with Crippen molar-refractivity contribution in [3.8, 4) is 11.3 Å². The zero-order valence-electron chi connectivity index (χ0n) is 9.24. The van der Waals surface area contributed by atoms with E-state index < -0.39 is 11.9 Å². The van der Waals surface area contributed by atoms with Gasteiger partial charge in [-0.15, -0.1) is 0 Å². The first kappa shape index (κ1) is 11.2. The third kappa shape index (κ3) is 2.44. The Morgan fingerprint density at radius 2 is 2.18 bits per heavy atom. The molecule has 0 aromatic carbocycles. The zero-order valence-corrected chi connectivity index (χ0v) is 9.24. The minimum Gasteiger partial charge on any atom is -0.481 e. The number of carboxylic acids is 1. The number of carboxylic acid groups (broad SMARTS) is 1. The van der Waals surface area contributed by atoms with Crippen LogP contribution in [0.5, 0.6) is 0 Å². The van der Waals surface area contributed by atoms with Crippen LogP contribution in [0.1, 0.15) is 18.7 Å². The van der Waals surface area contributed by atoms with Crippen molar-refractivity contribution in [3.63, 3.8) is 0 Å². The predicted molar refractivity (Wildman–Crippen MR) is 61.3 cm³/mol. The minimum atomic E-state index is -0.937. The van der Waals surface area contributed by atoms with E-state index in [0.717, 1.165) is 5.56 Å². The van der Waals surface area contributed by atoms with Crippen LogP contribution >= 0.6 is 0 Å². The molecule has 1 unspecified atom stereocenters. The lowest BCUT2D eigenvalue weighted by atomic mass is 10.1. The molecule has 2 rings (SSSR count). The standard InChI is InChI=1S/C12H11N3O2/c1-8(12(16)17)11-14-6-4-10(15-11)9-3-2-5-13-7-9/h2-8H,1H3,(H,16,17). The average molecular weight is 229 g/mol. The number of aliphatic carboxylic acids is 1. The number of pyridine rings is 1. The van der Waals surface area contributed by atoms with E-state index in [4.69, 9.17) is 5.11 Å². The van der Waals surface area contributed by atoms with Crippen LogP contribution in [0.2, 0.25) is 0 Å². The molecule has 0 saturated carbocycles. The van der Waals surface area contributed by atoms with E-state index in [-0.39, 0.29) is 0 Å².